The Labute approximate surface area is 111 Å². The third-order valence-electron chi connectivity index (χ3n) is 2.93. The lowest BCUT2D eigenvalue weighted by atomic mass is 10.1. The van der Waals surface area contributed by atoms with E-state index in [1.807, 2.05) is 19.9 Å². The Morgan fingerprint density at radius 1 is 1.42 bits per heavy atom. The second-order valence-corrected chi connectivity index (χ2v) is 4.43. The molecule has 0 radical (unpaired) electrons. The van der Waals surface area contributed by atoms with Gasteiger partial charge in [-0.05, 0) is 31.5 Å². The highest BCUT2D eigenvalue weighted by molar-refractivity contribution is 5.31. The van der Waals surface area contributed by atoms with Crippen LogP contribution in [0.2, 0.25) is 0 Å². The summed E-state index contributed by atoms with van der Waals surface area (Å²) in [6.07, 6.45) is 0. The van der Waals surface area contributed by atoms with Crippen molar-refractivity contribution in [1.82, 2.24) is 10.5 Å². The number of benzene rings is 1. The van der Waals surface area contributed by atoms with Crippen LogP contribution in [-0.2, 0) is 6.54 Å². The first-order chi connectivity index (χ1) is 9.10. The average molecular weight is 264 g/mol. The molecule has 0 spiro atoms. The normalized spacial score (nSPS) is 12.4. The zero-order chi connectivity index (χ0) is 13.8. The van der Waals surface area contributed by atoms with Crippen LogP contribution in [0.25, 0.3) is 0 Å². The van der Waals surface area contributed by atoms with Crippen LogP contribution in [0.5, 0.6) is 5.75 Å². The van der Waals surface area contributed by atoms with Gasteiger partial charge in [0.2, 0.25) is 0 Å². The SMILES string of the molecule is COc1cc(C(C)NCc2cc(C)no2)ccc1F. The third kappa shape index (κ3) is 3.32. The van der Waals surface area contributed by atoms with Crippen molar-refractivity contribution in [1.29, 1.82) is 0 Å². The number of hydrogen-bond donors (Lipinski definition) is 1. The Morgan fingerprint density at radius 2 is 2.21 bits per heavy atom. The van der Waals surface area contributed by atoms with Gasteiger partial charge in [-0.25, -0.2) is 4.39 Å². The number of halogens is 1. The van der Waals surface area contributed by atoms with Gasteiger partial charge in [0, 0.05) is 12.1 Å². The maximum Gasteiger partial charge on any atom is 0.165 e. The van der Waals surface area contributed by atoms with Crippen LogP contribution in [0, 0.1) is 12.7 Å². The number of ether oxygens (including phenoxy) is 1. The van der Waals surface area contributed by atoms with Gasteiger partial charge in [-0.3, -0.25) is 0 Å². The quantitative estimate of drug-likeness (QED) is 0.901. The molecule has 19 heavy (non-hydrogen) atoms. The highest BCUT2D eigenvalue weighted by Crippen LogP contribution is 2.22. The average Bonchev–Trinajstić information content (AvgIpc) is 2.82. The molecule has 0 fully saturated rings. The summed E-state index contributed by atoms with van der Waals surface area (Å²) in [6.45, 7) is 4.44. The molecule has 0 aliphatic heterocycles. The molecule has 1 heterocycles. The second kappa shape index (κ2) is 5.84. The van der Waals surface area contributed by atoms with Crippen molar-refractivity contribution in [2.45, 2.75) is 26.4 Å². The summed E-state index contributed by atoms with van der Waals surface area (Å²) in [5.74, 6) is 0.671. The molecular formula is C14H17FN2O2. The summed E-state index contributed by atoms with van der Waals surface area (Å²) >= 11 is 0. The lowest BCUT2D eigenvalue weighted by Crippen LogP contribution is -2.17. The fraction of sp³-hybridized carbons (Fsp3) is 0.357. The molecule has 4 nitrogen and oxygen atoms in total. The number of nitrogens with one attached hydrogen (secondary N) is 1. The fourth-order valence-electron chi connectivity index (χ4n) is 1.82. The van der Waals surface area contributed by atoms with Crippen molar-refractivity contribution in [2.75, 3.05) is 7.11 Å². The van der Waals surface area contributed by atoms with Gasteiger partial charge in [-0.1, -0.05) is 11.2 Å². The minimum atomic E-state index is -0.357. The van der Waals surface area contributed by atoms with Crippen molar-refractivity contribution >= 4 is 0 Å². The molecule has 0 saturated heterocycles. The van der Waals surface area contributed by atoms with Crippen LogP contribution >= 0.6 is 0 Å². The number of nitrogens with zero attached hydrogens (tertiary/aromatic N) is 1. The van der Waals surface area contributed by atoms with Crippen LogP contribution in [0.3, 0.4) is 0 Å². The van der Waals surface area contributed by atoms with Crippen LogP contribution in [-0.4, -0.2) is 12.3 Å². The zero-order valence-electron chi connectivity index (χ0n) is 11.2. The predicted octanol–water partition coefficient (Wildman–Crippen LogP) is 2.98. The molecule has 0 aliphatic carbocycles. The molecule has 0 bridgehead atoms. The van der Waals surface area contributed by atoms with E-state index in [-0.39, 0.29) is 17.6 Å². The minimum absolute atomic E-state index is 0.0555. The summed E-state index contributed by atoms with van der Waals surface area (Å²) in [6, 6.07) is 6.77. The lowest BCUT2D eigenvalue weighted by molar-refractivity contribution is 0.362. The molecule has 2 rings (SSSR count). The Bertz CT molecular complexity index is 554. The van der Waals surface area contributed by atoms with E-state index in [1.165, 1.54) is 13.2 Å². The monoisotopic (exact) mass is 264 g/mol. The first kappa shape index (κ1) is 13.5. The van der Waals surface area contributed by atoms with E-state index < -0.39 is 0 Å². The molecule has 1 atom stereocenters. The molecule has 1 unspecified atom stereocenters. The van der Waals surface area contributed by atoms with Gasteiger partial charge in [0.05, 0.1) is 19.3 Å². The third-order valence-corrected chi connectivity index (χ3v) is 2.93. The maximum absolute atomic E-state index is 13.3. The van der Waals surface area contributed by atoms with Gasteiger partial charge in [0.15, 0.2) is 17.3 Å². The van der Waals surface area contributed by atoms with E-state index >= 15 is 0 Å². The van der Waals surface area contributed by atoms with Crippen LogP contribution < -0.4 is 10.1 Å². The second-order valence-electron chi connectivity index (χ2n) is 4.43. The van der Waals surface area contributed by atoms with E-state index in [0.29, 0.717) is 6.54 Å². The van der Waals surface area contributed by atoms with Crippen LogP contribution in [0.1, 0.15) is 30.0 Å². The summed E-state index contributed by atoms with van der Waals surface area (Å²) in [7, 11) is 1.46. The van der Waals surface area contributed by atoms with Gasteiger partial charge in [-0.15, -0.1) is 0 Å². The number of hydrogen-bond acceptors (Lipinski definition) is 4. The first-order valence-electron chi connectivity index (χ1n) is 6.09. The predicted molar refractivity (Wildman–Crippen MR) is 69.4 cm³/mol. The van der Waals surface area contributed by atoms with Crippen molar-refractivity contribution in [3.05, 3.63) is 47.1 Å². The molecular weight excluding hydrogens is 247 g/mol. The Hall–Kier alpha value is -1.88. The fourth-order valence-corrected chi connectivity index (χ4v) is 1.82. The summed E-state index contributed by atoms with van der Waals surface area (Å²) in [5.41, 5.74) is 1.81. The highest BCUT2D eigenvalue weighted by Gasteiger charge is 2.10. The van der Waals surface area contributed by atoms with Crippen molar-refractivity contribution in [2.24, 2.45) is 0 Å². The number of aromatic nitrogens is 1. The van der Waals surface area contributed by atoms with Gasteiger partial charge >= 0.3 is 0 Å². The summed E-state index contributed by atoms with van der Waals surface area (Å²) in [4.78, 5) is 0. The van der Waals surface area contributed by atoms with Crippen molar-refractivity contribution in [3.63, 3.8) is 0 Å². The van der Waals surface area contributed by atoms with Gasteiger partial charge in [0.1, 0.15) is 0 Å². The van der Waals surface area contributed by atoms with Crippen LogP contribution in [0.15, 0.2) is 28.8 Å². The molecule has 1 aromatic carbocycles. The van der Waals surface area contributed by atoms with Gasteiger partial charge in [0.25, 0.3) is 0 Å². The van der Waals surface area contributed by atoms with Crippen LogP contribution in [0.4, 0.5) is 4.39 Å². The molecule has 5 heteroatoms. The Morgan fingerprint density at radius 3 is 2.84 bits per heavy atom. The van der Waals surface area contributed by atoms with Crippen molar-refractivity contribution in [3.8, 4) is 5.75 Å². The summed E-state index contributed by atoms with van der Waals surface area (Å²) in [5, 5.41) is 7.11. The largest absolute Gasteiger partial charge is 0.494 e. The Balaban J connectivity index is 2.01. The molecule has 0 aliphatic rings. The first-order valence-corrected chi connectivity index (χ1v) is 6.09. The topological polar surface area (TPSA) is 47.3 Å². The van der Waals surface area contributed by atoms with Gasteiger partial charge < -0.3 is 14.6 Å². The van der Waals surface area contributed by atoms with E-state index in [1.54, 1.807) is 12.1 Å². The number of methoxy groups -OCH3 is 1. The minimum Gasteiger partial charge on any atom is -0.494 e. The molecule has 102 valence electrons. The lowest BCUT2D eigenvalue weighted by Gasteiger charge is -2.14. The smallest absolute Gasteiger partial charge is 0.165 e. The van der Waals surface area contributed by atoms with E-state index in [2.05, 4.69) is 10.5 Å². The molecule has 1 aromatic heterocycles. The highest BCUT2D eigenvalue weighted by atomic mass is 19.1. The number of rotatable bonds is 5. The van der Waals surface area contributed by atoms with Crippen molar-refractivity contribution < 1.29 is 13.7 Å². The zero-order valence-corrected chi connectivity index (χ0v) is 11.2. The Kier molecular flexibility index (Phi) is 4.16. The standard InChI is InChI=1S/C14H17FN2O2/c1-9-6-12(19-17-9)8-16-10(2)11-4-5-13(15)14(7-11)18-3/h4-7,10,16H,8H2,1-3H3. The molecule has 0 saturated carbocycles. The maximum atomic E-state index is 13.3. The van der Waals surface area contributed by atoms with E-state index in [0.717, 1.165) is 17.0 Å². The summed E-state index contributed by atoms with van der Waals surface area (Å²) < 4.78 is 23.4. The molecule has 0 amide bonds. The van der Waals surface area contributed by atoms with Gasteiger partial charge in [-0.2, -0.15) is 0 Å². The van der Waals surface area contributed by atoms with E-state index in [4.69, 9.17) is 9.26 Å². The molecule has 1 N–H and O–H groups in total. The molecule has 2 aromatic rings. The number of aryl methyl sites for hydroxylation is 1. The van der Waals surface area contributed by atoms with E-state index in [9.17, 15) is 4.39 Å².